The maximum absolute atomic E-state index is 14.4. The lowest BCUT2D eigenvalue weighted by atomic mass is 10.0. The van der Waals surface area contributed by atoms with E-state index in [9.17, 15) is 19.5 Å². The van der Waals surface area contributed by atoms with Crippen molar-refractivity contribution >= 4 is 23.9 Å². The summed E-state index contributed by atoms with van der Waals surface area (Å²) < 4.78 is -0.0500. The van der Waals surface area contributed by atoms with E-state index < -0.39 is 12.1 Å². The number of carboxylic acid groups (broad SMARTS) is 1. The Morgan fingerprint density at radius 2 is 1.31 bits per heavy atom. The van der Waals surface area contributed by atoms with Crippen molar-refractivity contribution in [2.45, 2.75) is 43.8 Å². The zero-order valence-electron chi connectivity index (χ0n) is 33.0. The number of hydrogen-bond donors (Lipinski definition) is 3. The first-order valence-corrected chi connectivity index (χ1v) is 19.8. The summed E-state index contributed by atoms with van der Waals surface area (Å²) in [5.41, 5.74) is 6.75. The van der Waals surface area contributed by atoms with E-state index in [1.54, 1.807) is 18.3 Å². The van der Waals surface area contributed by atoms with Gasteiger partial charge in [0.25, 0.3) is 0 Å². The number of H-pyrrole nitrogens is 2. The summed E-state index contributed by atoms with van der Waals surface area (Å²) in [6.07, 6.45) is 7.63. The Morgan fingerprint density at radius 1 is 0.707 bits per heavy atom. The molecule has 2 aliphatic rings. The molecule has 0 aliphatic carbocycles. The van der Waals surface area contributed by atoms with Crippen LogP contribution in [0.3, 0.4) is 0 Å². The third kappa shape index (κ3) is 7.30. The topological polar surface area (TPSA) is 151 Å². The molecule has 58 heavy (non-hydrogen) atoms. The lowest BCUT2D eigenvalue weighted by Crippen LogP contribution is -2.57. The van der Waals surface area contributed by atoms with Gasteiger partial charge in [0.05, 0.1) is 48.6 Å². The molecule has 5 heterocycles. The van der Waals surface area contributed by atoms with Gasteiger partial charge in [0.15, 0.2) is 6.04 Å². The summed E-state index contributed by atoms with van der Waals surface area (Å²) in [6, 6.07) is 29.5. The number of hydrogen-bond acceptors (Lipinski definition) is 7. The van der Waals surface area contributed by atoms with Crippen LogP contribution in [-0.2, 0) is 9.59 Å². The van der Waals surface area contributed by atoms with Crippen molar-refractivity contribution < 1.29 is 19.5 Å². The summed E-state index contributed by atoms with van der Waals surface area (Å²) in [4.78, 5) is 66.7. The van der Waals surface area contributed by atoms with Crippen LogP contribution in [0.2, 0.25) is 0 Å². The first kappa shape index (κ1) is 38.4. The van der Waals surface area contributed by atoms with E-state index in [1.165, 1.54) is 7.05 Å². The number of quaternary nitrogens is 1. The quantitative estimate of drug-likeness (QED) is 0.115. The Morgan fingerprint density at radius 3 is 1.93 bits per heavy atom. The number of carbonyl (C=O) groups excluding carboxylic acids is 2. The lowest BCUT2D eigenvalue weighted by Gasteiger charge is -2.34. The van der Waals surface area contributed by atoms with Crippen molar-refractivity contribution in [3.8, 4) is 33.8 Å². The number of nitrogens with one attached hydrogen (secondary N) is 2. The number of imidazole rings is 2. The van der Waals surface area contributed by atoms with Crippen LogP contribution < -0.4 is 4.48 Å². The Hall–Kier alpha value is -6.44. The van der Waals surface area contributed by atoms with Crippen molar-refractivity contribution in [2.24, 2.45) is 0 Å². The van der Waals surface area contributed by atoms with Crippen LogP contribution in [0.15, 0.2) is 116 Å². The molecule has 3 aromatic carbocycles. The molecule has 0 radical (unpaired) electrons. The van der Waals surface area contributed by atoms with Crippen molar-refractivity contribution in [2.75, 3.05) is 40.8 Å². The Balaban J connectivity index is 0.969. The van der Waals surface area contributed by atoms with Crippen LogP contribution in [-0.4, -0.2) is 103 Å². The van der Waals surface area contributed by atoms with Gasteiger partial charge in [-0.25, -0.2) is 14.6 Å². The molecule has 8 rings (SSSR count). The number of aromatic nitrogens is 5. The number of nitrogens with zero attached hydrogens (tertiary/aromatic N) is 7. The number of amides is 3. The predicted octanol–water partition coefficient (Wildman–Crippen LogP) is 7.47. The van der Waals surface area contributed by atoms with E-state index in [2.05, 4.69) is 9.97 Å². The molecule has 0 spiro atoms. The van der Waals surface area contributed by atoms with E-state index in [1.807, 2.05) is 121 Å². The molecule has 3 atom stereocenters. The molecule has 3 amide bonds. The van der Waals surface area contributed by atoms with Crippen molar-refractivity contribution in [3.63, 3.8) is 0 Å². The van der Waals surface area contributed by atoms with Gasteiger partial charge < -0.3 is 15.0 Å². The molecule has 3 aromatic heterocycles. The van der Waals surface area contributed by atoms with Gasteiger partial charge in [-0.3, -0.25) is 24.6 Å². The monoisotopic (exact) mass is 778 g/mol. The number of likely N-dealkylation sites (tertiary alicyclic amines) is 2. The van der Waals surface area contributed by atoms with E-state index in [0.29, 0.717) is 31.1 Å². The van der Waals surface area contributed by atoms with Gasteiger partial charge >= 0.3 is 17.9 Å². The Bertz CT molecular complexity index is 2370. The lowest BCUT2D eigenvalue weighted by molar-refractivity contribution is -0.137. The highest BCUT2D eigenvalue weighted by Gasteiger charge is 2.50. The third-order valence-corrected chi connectivity index (χ3v) is 11.6. The Kier molecular flexibility index (Phi) is 10.7. The number of benzene rings is 3. The van der Waals surface area contributed by atoms with Crippen LogP contribution in [0.4, 0.5) is 10.7 Å². The van der Waals surface area contributed by atoms with Crippen LogP contribution >= 0.6 is 0 Å². The second kappa shape index (κ2) is 16.2. The number of aromatic amines is 2. The van der Waals surface area contributed by atoms with Gasteiger partial charge in [0, 0.05) is 43.8 Å². The number of rotatable bonds is 11. The molecule has 13 nitrogen and oxygen atoms in total. The third-order valence-electron chi connectivity index (χ3n) is 11.6. The van der Waals surface area contributed by atoms with Gasteiger partial charge in [-0.15, -0.1) is 0 Å². The minimum absolute atomic E-state index is 0.0500. The van der Waals surface area contributed by atoms with Gasteiger partial charge in [0.1, 0.15) is 11.9 Å². The summed E-state index contributed by atoms with van der Waals surface area (Å²) in [5, 5.41) is 9.92. The van der Waals surface area contributed by atoms with Crippen LogP contribution in [0.5, 0.6) is 0 Å². The van der Waals surface area contributed by atoms with Crippen molar-refractivity contribution in [3.05, 3.63) is 133 Å². The molecule has 296 valence electrons. The highest BCUT2D eigenvalue weighted by molar-refractivity contribution is 5.94. The Labute approximate surface area is 337 Å². The van der Waals surface area contributed by atoms with Crippen LogP contribution in [0.25, 0.3) is 33.8 Å². The second-order valence-corrected chi connectivity index (χ2v) is 15.4. The molecule has 6 aromatic rings. The zero-order chi connectivity index (χ0) is 40.4. The highest BCUT2D eigenvalue weighted by atomic mass is 16.4. The maximum Gasteiger partial charge on any atom is 0.408 e. The smallest absolute Gasteiger partial charge is 0.408 e. The summed E-state index contributed by atoms with van der Waals surface area (Å²) >= 11 is 0. The molecule has 0 saturated carbocycles. The van der Waals surface area contributed by atoms with E-state index >= 15 is 0 Å². The van der Waals surface area contributed by atoms with Crippen molar-refractivity contribution in [1.82, 2.24) is 44.1 Å². The molecule has 2 fully saturated rings. The fourth-order valence-corrected chi connectivity index (χ4v) is 8.56. The highest BCUT2D eigenvalue weighted by Crippen LogP contribution is 2.37. The van der Waals surface area contributed by atoms with E-state index in [-0.39, 0.29) is 28.4 Å². The van der Waals surface area contributed by atoms with Crippen LogP contribution in [0, 0.1) is 0 Å². The van der Waals surface area contributed by atoms with E-state index in [0.717, 1.165) is 75.7 Å². The molecule has 1 unspecified atom stereocenters. The number of likely N-dealkylation sites (N-methyl/N-ethyl adjacent to an activating group) is 2. The summed E-state index contributed by atoms with van der Waals surface area (Å²) in [5.74, 6) is 1.14. The molecular formula is C45H48N9O4+. The molecule has 0 bridgehead atoms. The zero-order valence-corrected chi connectivity index (χ0v) is 33.0. The molecule has 2 aliphatic heterocycles. The number of pyridine rings is 1. The van der Waals surface area contributed by atoms with Gasteiger partial charge in [-0.1, -0.05) is 84.9 Å². The maximum atomic E-state index is 14.4. The standard InChI is InChI=1S/C45H47N9O4/c1-51(2)39(32-13-6-4-7-14-32)42(55)53-24-12-17-38(53)41-47-28-37(49-41)34-22-23-35(46-27-34)30-18-20-31(21-19-30)36-29-48-44(50-36)54(25-10-11-26-54)43(56)40(52(3)45(57)58)33-15-8-5-9-16-33/h4-9,13-16,18-23,27-29,38-40H,10-12,17,24-26H2,1-3H3,(H2-,46,47,48,49,50,57,58)/p+1/t38-,39?,40+/m0/s1. The minimum Gasteiger partial charge on any atom is -0.465 e. The van der Waals surface area contributed by atoms with Gasteiger partial charge in [-0.05, 0) is 55.8 Å². The van der Waals surface area contributed by atoms with Gasteiger partial charge in [-0.2, -0.15) is 9.47 Å². The normalized spacial score (nSPS) is 17.3. The second-order valence-electron chi connectivity index (χ2n) is 15.4. The average Bonchev–Trinajstić information content (AvgIpc) is 4.09. The fourth-order valence-electron chi connectivity index (χ4n) is 8.56. The average molecular weight is 779 g/mol. The molecule has 3 N–H and O–H groups in total. The van der Waals surface area contributed by atoms with Gasteiger partial charge in [0.2, 0.25) is 5.91 Å². The minimum atomic E-state index is -1.17. The molecule has 13 heteroatoms. The largest absolute Gasteiger partial charge is 0.465 e. The van der Waals surface area contributed by atoms with Crippen molar-refractivity contribution in [1.29, 1.82) is 0 Å². The first-order chi connectivity index (χ1) is 28.1. The predicted molar refractivity (Wildman–Crippen MR) is 222 cm³/mol. The SMILES string of the molecule is CN(C)C(C(=O)N1CCC[C@H]1c1ncc(-c2ccc(-c3ccc(-c4cnc([N+]5(C(=O)[C@@H](c6ccccc6)N(C)C(=O)O)CCCC5)[nH]4)cc3)nc2)[nH]1)c1ccccc1. The molecular weight excluding hydrogens is 731 g/mol. The summed E-state index contributed by atoms with van der Waals surface area (Å²) in [7, 11) is 5.32. The fraction of sp³-hybridized carbons (Fsp3) is 0.289. The first-order valence-electron chi connectivity index (χ1n) is 19.8. The van der Waals surface area contributed by atoms with Crippen LogP contribution in [0.1, 0.15) is 60.8 Å². The summed E-state index contributed by atoms with van der Waals surface area (Å²) in [6.45, 7) is 1.76. The number of carbonyl (C=O) groups is 3. The van der Waals surface area contributed by atoms with E-state index in [4.69, 9.17) is 15.0 Å². The molecule has 2 saturated heterocycles.